The Morgan fingerprint density at radius 3 is 2.15 bits per heavy atom. The Hall–Kier alpha value is -3.32. The van der Waals surface area contributed by atoms with Gasteiger partial charge in [-0.2, -0.15) is 0 Å². The maximum Gasteiger partial charge on any atom is 0.325 e. The monoisotopic (exact) mass is 379 g/mol. The smallest absolute Gasteiger partial charge is 0.325 e. The van der Waals surface area contributed by atoms with E-state index in [1.807, 2.05) is 42.5 Å². The maximum absolute atomic E-state index is 11.9. The van der Waals surface area contributed by atoms with Gasteiger partial charge in [0.25, 0.3) is 5.69 Å². The van der Waals surface area contributed by atoms with Gasteiger partial charge in [0.05, 0.1) is 4.92 Å². The van der Waals surface area contributed by atoms with Crippen LogP contribution in [0.5, 0.6) is 0 Å². The van der Waals surface area contributed by atoms with Crippen LogP contribution >= 0.6 is 11.9 Å². The summed E-state index contributed by atoms with van der Waals surface area (Å²) in [4.78, 5) is 22.8. The summed E-state index contributed by atoms with van der Waals surface area (Å²) in [6.45, 7) is 0.404. The number of carbonyl (C=O) groups is 1. The van der Waals surface area contributed by atoms with Crippen molar-refractivity contribution in [3.63, 3.8) is 0 Å². The van der Waals surface area contributed by atoms with Gasteiger partial charge in [-0.05, 0) is 40.8 Å². The molecule has 3 aromatic rings. The molecule has 3 aromatic carbocycles. The third-order valence-electron chi connectivity index (χ3n) is 3.82. The Bertz CT molecular complexity index is 913. The van der Waals surface area contributed by atoms with Crippen LogP contribution in [0.3, 0.4) is 0 Å². The van der Waals surface area contributed by atoms with E-state index >= 15 is 0 Å². The first-order chi connectivity index (χ1) is 13.1. The number of nitro groups is 1. The topological polar surface area (TPSA) is 84.3 Å². The number of hydrogen-bond acceptors (Lipinski definition) is 4. The van der Waals surface area contributed by atoms with E-state index in [4.69, 9.17) is 0 Å². The molecule has 0 aliphatic carbocycles. The molecule has 0 aliphatic heterocycles. The molecule has 2 amide bonds. The fourth-order valence-corrected chi connectivity index (χ4v) is 2.96. The Morgan fingerprint density at radius 1 is 0.889 bits per heavy atom. The number of amides is 2. The predicted molar refractivity (Wildman–Crippen MR) is 106 cm³/mol. The van der Waals surface area contributed by atoms with Gasteiger partial charge in [-0.1, -0.05) is 54.6 Å². The average molecular weight is 379 g/mol. The second-order valence-corrected chi connectivity index (χ2v) is 6.58. The van der Waals surface area contributed by atoms with Gasteiger partial charge in [0.2, 0.25) is 0 Å². The number of non-ortho nitro benzene ring substituents is 1. The van der Waals surface area contributed by atoms with Gasteiger partial charge in [-0.3, -0.25) is 14.8 Å². The van der Waals surface area contributed by atoms with Gasteiger partial charge >= 0.3 is 6.03 Å². The second-order valence-electron chi connectivity index (χ2n) is 5.70. The van der Waals surface area contributed by atoms with Gasteiger partial charge in [0.15, 0.2) is 0 Å². The summed E-state index contributed by atoms with van der Waals surface area (Å²) in [7, 11) is 0. The summed E-state index contributed by atoms with van der Waals surface area (Å²) < 4.78 is 2.65. The molecule has 0 saturated heterocycles. The highest BCUT2D eigenvalue weighted by Crippen LogP contribution is 2.20. The molecule has 136 valence electrons. The molecule has 0 bridgehead atoms. The summed E-state index contributed by atoms with van der Waals surface area (Å²) in [5.74, 6) is 0. The summed E-state index contributed by atoms with van der Waals surface area (Å²) in [6.07, 6.45) is 0. The SMILES string of the molecule is O=C(NCc1ccc(-c2ccccc2)cc1)NSc1ccc([N+](=O)[O-])cc1. The van der Waals surface area contributed by atoms with E-state index in [9.17, 15) is 14.9 Å². The minimum absolute atomic E-state index is 0.0164. The van der Waals surface area contributed by atoms with Crippen molar-refractivity contribution in [2.75, 3.05) is 0 Å². The van der Waals surface area contributed by atoms with Crippen LogP contribution < -0.4 is 10.0 Å². The van der Waals surface area contributed by atoms with Crippen molar-refractivity contribution < 1.29 is 9.72 Å². The summed E-state index contributed by atoms with van der Waals surface area (Å²) in [6, 6.07) is 23.7. The van der Waals surface area contributed by atoms with Gasteiger partial charge in [0, 0.05) is 23.6 Å². The summed E-state index contributed by atoms with van der Waals surface area (Å²) in [5, 5.41) is 13.4. The fourth-order valence-electron chi connectivity index (χ4n) is 2.41. The van der Waals surface area contributed by atoms with Crippen LogP contribution in [0.25, 0.3) is 11.1 Å². The molecule has 0 spiro atoms. The molecule has 7 heteroatoms. The number of hydrogen-bond donors (Lipinski definition) is 2. The molecule has 27 heavy (non-hydrogen) atoms. The molecule has 0 radical (unpaired) electrons. The zero-order chi connectivity index (χ0) is 19.1. The van der Waals surface area contributed by atoms with E-state index in [-0.39, 0.29) is 11.7 Å². The lowest BCUT2D eigenvalue weighted by atomic mass is 10.0. The molecule has 0 aromatic heterocycles. The van der Waals surface area contributed by atoms with Crippen LogP contribution in [0.2, 0.25) is 0 Å². The number of urea groups is 1. The molecule has 0 unspecified atom stereocenters. The molecule has 0 heterocycles. The number of carbonyl (C=O) groups excluding carboxylic acids is 1. The first-order valence-electron chi connectivity index (χ1n) is 8.21. The number of nitro benzene ring substituents is 1. The Morgan fingerprint density at radius 2 is 1.52 bits per heavy atom. The van der Waals surface area contributed by atoms with Crippen LogP contribution in [0.4, 0.5) is 10.5 Å². The summed E-state index contributed by atoms with van der Waals surface area (Å²) in [5.41, 5.74) is 3.28. The highest BCUT2D eigenvalue weighted by atomic mass is 32.2. The van der Waals surface area contributed by atoms with Crippen LogP contribution in [-0.4, -0.2) is 11.0 Å². The molecule has 0 atom stereocenters. The normalized spacial score (nSPS) is 10.2. The molecular formula is C20H17N3O3S. The van der Waals surface area contributed by atoms with Crippen molar-refractivity contribution >= 4 is 23.7 Å². The van der Waals surface area contributed by atoms with Crippen LogP contribution in [-0.2, 0) is 6.54 Å². The molecule has 0 aliphatic rings. The number of nitrogens with one attached hydrogen (secondary N) is 2. The lowest BCUT2D eigenvalue weighted by Crippen LogP contribution is -2.30. The first-order valence-corrected chi connectivity index (χ1v) is 9.03. The van der Waals surface area contributed by atoms with Gasteiger partial charge < -0.3 is 5.32 Å². The van der Waals surface area contributed by atoms with Crippen molar-refractivity contribution in [3.8, 4) is 11.1 Å². The number of nitrogens with zero attached hydrogens (tertiary/aromatic N) is 1. The number of benzene rings is 3. The highest BCUT2D eigenvalue weighted by molar-refractivity contribution is 7.98. The molecule has 6 nitrogen and oxygen atoms in total. The standard InChI is InChI=1S/C20H17N3O3S/c24-20(22-27-19-12-10-18(11-13-19)23(25)26)21-14-15-6-8-17(9-7-15)16-4-2-1-3-5-16/h1-13H,14H2,(H2,21,22,24). The van der Waals surface area contributed by atoms with Crippen molar-refractivity contribution in [1.29, 1.82) is 0 Å². The molecule has 0 saturated carbocycles. The van der Waals surface area contributed by atoms with E-state index in [1.54, 1.807) is 12.1 Å². The van der Waals surface area contributed by atoms with Crippen molar-refractivity contribution in [3.05, 3.63) is 94.5 Å². The zero-order valence-corrected chi connectivity index (χ0v) is 15.1. The van der Waals surface area contributed by atoms with Gasteiger partial charge in [-0.15, -0.1) is 0 Å². The average Bonchev–Trinajstić information content (AvgIpc) is 2.72. The molecular weight excluding hydrogens is 362 g/mol. The van der Waals surface area contributed by atoms with E-state index in [1.165, 1.54) is 12.1 Å². The maximum atomic E-state index is 11.9. The zero-order valence-electron chi connectivity index (χ0n) is 14.3. The largest absolute Gasteiger partial charge is 0.333 e. The third-order valence-corrected chi connectivity index (χ3v) is 4.62. The van der Waals surface area contributed by atoms with E-state index in [0.717, 1.165) is 28.6 Å². The van der Waals surface area contributed by atoms with E-state index in [0.29, 0.717) is 11.4 Å². The number of rotatable bonds is 6. The van der Waals surface area contributed by atoms with Crippen LogP contribution in [0, 0.1) is 10.1 Å². The molecule has 3 rings (SSSR count). The Labute approximate surface area is 160 Å². The van der Waals surface area contributed by atoms with Gasteiger partial charge in [0.1, 0.15) is 0 Å². The fraction of sp³-hybridized carbons (Fsp3) is 0.0500. The third kappa shape index (κ3) is 5.32. The lowest BCUT2D eigenvalue weighted by molar-refractivity contribution is -0.384. The predicted octanol–water partition coefficient (Wildman–Crippen LogP) is 4.77. The Kier molecular flexibility index (Phi) is 6.06. The second kappa shape index (κ2) is 8.86. The van der Waals surface area contributed by atoms with Crippen LogP contribution in [0.1, 0.15) is 5.56 Å². The Balaban J connectivity index is 1.47. The lowest BCUT2D eigenvalue weighted by Gasteiger charge is -2.08. The van der Waals surface area contributed by atoms with E-state index < -0.39 is 4.92 Å². The minimum Gasteiger partial charge on any atom is -0.333 e. The van der Waals surface area contributed by atoms with Crippen LogP contribution in [0.15, 0.2) is 83.8 Å². The molecule has 0 fully saturated rings. The highest BCUT2D eigenvalue weighted by Gasteiger charge is 2.06. The first kappa shape index (κ1) is 18.5. The van der Waals surface area contributed by atoms with Gasteiger partial charge in [-0.25, -0.2) is 4.79 Å². The van der Waals surface area contributed by atoms with Crippen molar-refractivity contribution in [2.24, 2.45) is 0 Å². The minimum atomic E-state index is -0.461. The van der Waals surface area contributed by atoms with Crippen molar-refractivity contribution in [1.82, 2.24) is 10.0 Å². The quantitative estimate of drug-likeness (QED) is 0.367. The van der Waals surface area contributed by atoms with E-state index in [2.05, 4.69) is 22.2 Å². The molecule has 2 N–H and O–H groups in total. The summed E-state index contributed by atoms with van der Waals surface area (Å²) >= 11 is 1.10. The van der Waals surface area contributed by atoms with Crippen molar-refractivity contribution in [2.45, 2.75) is 11.4 Å².